The third-order valence-electron chi connectivity index (χ3n) is 1.98. The maximum atomic E-state index is 5.20. The predicted octanol–water partition coefficient (Wildman–Crippen LogP) is 2.30. The molecule has 0 spiro atoms. The molecule has 0 aliphatic rings. The van der Waals surface area contributed by atoms with Gasteiger partial charge in [0.15, 0.2) is 0 Å². The van der Waals surface area contributed by atoms with Crippen LogP contribution in [0.1, 0.15) is 17.1 Å². The first-order chi connectivity index (χ1) is 7.24. The van der Waals surface area contributed by atoms with E-state index in [2.05, 4.69) is 15.3 Å². The summed E-state index contributed by atoms with van der Waals surface area (Å²) in [6, 6.07) is 5.72. The van der Waals surface area contributed by atoms with Gasteiger partial charge in [-0.2, -0.15) is 0 Å². The molecule has 2 rings (SSSR count). The smallest absolute Gasteiger partial charge is 0.223 e. The minimum absolute atomic E-state index is 0.607. The fourth-order valence-corrected chi connectivity index (χ4v) is 1.38. The number of aromatic nitrogens is 2. The lowest BCUT2D eigenvalue weighted by atomic mass is 10.3. The highest BCUT2D eigenvalue weighted by Gasteiger charge is 2.00. The van der Waals surface area contributed by atoms with Gasteiger partial charge in [0.2, 0.25) is 5.95 Å². The SMILES string of the molecule is Cc1cc(C)nc(NCc2ccco2)n1. The van der Waals surface area contributed by atoms with Gasteiger partial charge in [0.05, 0.1) is 12.8 Å². The van der Waals surface area contributed by atoms with Crippen molar-refractivity contribution in [2.75, 3.05) is 5.32 Å². The van der Waals surface area contributed by atoms with Gasteiger partial charge >= 0.3 is 0 Å². The summed E-state index contributed by atoms with van der Waals surface area (Å²) in [4.78, 5) is 8.54. The predicted molar refractivity (Wildman–Crippen MR) is 57.5 cm³/mol. The molecule has 0 aromatic carbocycles. The average molecular weight is 203 g/mol. The minimum atomic E-state index is 0.607. The van der Waals surface area contributed by atoms with E-state index in [0.29, 0.717) is 12.5 Å². The number of furan rings is 1. The van der Waals surface area contributed by atoms with Crippen molar-refractivity contribution in [2.24, 2.45) is 0 Å². The Kier molecular flexibility index (Phi) is 2.67. The van der Waals surface area contributed by atoms with Crippen LogP contribution in [0.4, 0.5) is 5.95 Å². The second kappa shape index (κ2) is 4.13. The summed E-state index contributed by atoms with van der Waals surface area (Å²) >= 11 is 0. The first-order valence-corrected chi connectivity index (χ1v) is 4.82. The Bertz CT molecular complexity index is 417. The molecule has 0 fully saturated rings. The van der Waals surface area contributed by atoms with Gasteiger partial charge in [0, 0.05) is 11.4 Å². The Morgan fingerprint density at radius 2 is 2.00 bits per heavy atom. The summed E-state index contributed by atoms with van der Waals surface area (Å²) in [5.74, 6) is 1.52. The molecule has 2 heterocycles. The number of anilines is 1. The third kappa shape index (κ3) is 2.56. The van der Waals surface area contributed by atoms with Crippen molar-refractivity contribution in [3.63, 3.8) is 0 Å². The number of hydrogen-bond acceptors (Lipinski definition) is 4. The maximum absolute atomic E-state index is 5.20. The molecule has 0 atom stereocenters. The Labute approximate surface area is 88.4 Å². The highest BCUT2D eigenvalue weighted by molar-refractivity contribution is 5.28. The Morgan fingerprint density at radius 1 is 1.27 bits per heavy atom. The zero-order valence-corrected chi connectivity index (χ0v) is 8.82. The van der Waals surface area contributed by atoms with Crippen LogP contribution in [0.15, 0.2) is 28.9 Å². The number of hydrogen-bond donors (Lipinski definition) is 1. The maximum Gasteiger partial charge on any atom is 0.223 e. The van der Waals surface area contributed by atoms with Gasteiger partial charge < -0.3 is 9.73 Å². The fraction of sp³-hybridized carbons (Fsp3) is 0.273. The molecule has 0 unspecified atom stereocenters. The number of nitrogens with zero attached hydrogens (tertiary/aromatic N) is 2. The van der Waals surface area contributed by atoms with Crippen LogP contribution in [0.5, 0.6) is 0 Å². The molecule has 78 valence electrons. The summed E-state index contributed by atoms with van der Waals surface area (Å²) in [5.41, 5.74) is 1.92. The summed E-state index contributed by atoms with van der Waals surface area (Å²) in [5, 5.41) is 3.11. The topological polar surface area (TPSA) is 51.0 Å². The number of nitrogens with one attached hydrogen (secondary N) is 1. The summed E-state index contributed by atoms with van der Waals surface area (Å²) in [6.07, 6.45) is 1.65. The minimum Gasteiger partial charge on any atom is -0.467 e. The number of aryl methyl sites for hydroxylation is 2. The van der Waals surface area contributed by atoms with Crippen LogP contribution in [-0.2, 0) is 6.54 Å². The van der Waals surface area contributed by atoms with Crippen LogP contribution in [0.3, 0.4) is 0 Å². The fourth-order valence-electron chi connectivity index (χ4n) is 1.38. The van der Waals surface area contributed by atoms with Crippen molar-refractivity contribution in [3.05, 3.63) is 41.6 Å². The quantitative estimate of drug-likeness (QED) is 0.831. The highest BCUT2D eigenvalue weighted by Crippen LogP contribution is 2.06. The van der Waals surface area contributed by atoms with Crippen LogP contribution in [0.2, 0.25) is 0 Å². The van der Waals surface area contributed by atoms with Crippen molar-refractivity contribution >= 4 is 5.95 Å². The van der Waals surface area contributed by atoms with Gasteiger partial charge in [-0.25, -0.2) is 9.97 Å². The zero-order chi connectivity index (χ0) is 10.7. The standard InChI is InChI=1S/C11H13N3O/c1-8-6-9(2)14-11(13-8)12-7-10-4-3-5-15-10/h3-6H,7H2,1-2H3,(H,12,13,14). The Morgan fingerprint density at radius 3 is 2.60 bits per heavy atom. The van der Waals surface area contributed by atoms with E-state index < -0.39 is 0 Å². The first-order valence-electron chi connectivity index (χ1n) is 4.82. The lowest BCUT2D eigenvalue weighted by Crippen LogP contribution is -2.04. The molecule has 0 radical (unpaired) electrons. The molecule has 4 nitrogen and oxygen atoms in total. The van der Waals surface area contributed by atoms with E-state index in [1.54, 1.807) is 6.26 Å². The normalized spacial score (nSPS) is 10.3. The van der Waals surface area contributed by atoms with Gasteiger partial charge in [0.1, 0.15) is 5.76 Å². The van der Waals surface area contributed by atoms with E-state index in [9.17, 15) is 0 Å². The van der Waals surface area contributed by atoms with Crippen molar-refractivity contribution in [1.82, 2.24) is 9.97 Å². The molecule has 0 saturated carbocycles. The molecule has 4 heteroatoms. The van der Waals surface area contributed by atoms with E-state index in [4.69, 9.17) is 4.42 Å². The van der Waals surface area contributed by atoms with Crippen molar-refractivity contribution in [3.8, 4) is 0 Å². The van der Waals surface area contributed by atoms with E-state index in [-0.39, 0.29) is 0 Å². The Balaban J connectivity index is 2.05. The molecule has 0 bridgehead atoms. The van der Waals surface area contributed by atoms with Crippen LogP contribution >= 0.6 is 0 Å². The zero-order valence-electron chi connectivity index (χ0n) is 8.82. The third-order valence-corrected chi connectivity index (χ3v) is 1.98. The second-order valence-corrected chi connectivity index (χ2v) is 3.41. The summed E-state index contributed by atoms with van der Waals surface area (Å²) < 4.78 is 5.20. The monoisotopic (exact) mass is 203 g/mol. The van der Waals surface area contributed by atoms with Gasteiger partial charge in [-0.15, -0.1) is 0 Å². The van der Waals surface area contributed by atoms with E-state index >= 15 is 0 Å². The molecule has 0 aliphatic heterocycles. The average Bonchev–Trinajstić information content (AvgIpc) is 2.65. The Hall–Kier alpha value is -1.84. The molecule has 15 heavy (non-hydrogen) atoms. The second-order valence-electron chi connectivity index (χ2n) is 3.41. The van der Waals surface area contributed by atoms with Crippen LogP contribution in [0.25, 0.3) is 0 Å². The van der Waals surface area contributed by atoms with Crippen molar-refractivity contribution < 1.29 is 4.42 Å². The van der Waals surface area contributed by atoms with E-state index in [0.717, 1.165) is 17.1 Å². The largest absolute Gasteiger partial charge is 0.467 e. The molecule has 2 aromatic heterocycles. The summed E-state index contributed by atoms with van der Waals surface area (Å²) in [6.45, 7) is 4.51. The molecule has 0 amide bonds. The van der Waals surface area contributed by atoms with Crippen molar-refractivity contribution in [2.45, 2.75) is 20.4 Å². The van der Waals surface area contributed by atoms with Gasteiger partial charge in [-0.05, 0) is 32.0 Å². The van der Waals surface area contributed by atoms with Gasteiger partial charge in [-0.1, -0.05) is 0 Å². The van der Waals surface area contributed by atoms with Crippen LogP contribution < -0.4 is 5.32 Å². The first kappa shape index (κ1) is 9.71. The molecular formula is C11H13N3O. The molecular weight excluding hydrogens is 190 g/mol. The molecule has 1 N–H and O–H groups in total. The summed E-state index contributed by atoms with van der Waals surface area (Å²) in [7, 11) is 0. The van der Waals surface area contributed by atoms with Crippen LogP contribution in [0, 0.1) is 13.8 Å². The highest BCUT2D eigenvalue weighted by atomic mass is 16.3. The lowest BCUT2D eigenvalue weighted by molar-refractivity contribution is 0.517. The lowest BCUT2D eigenvalue weighted by Gasteiger charge is -2.04. The van der Waals surface area contributed by atoms with Crippen molar-refractivity contribution in [1.29, 1.82) is 0 Å². The van der Waals surface area contributed by atoms with Gasteiger partial charge in [0.25, 0.3) is 0 Å². The van der Waals surface area contributed by atoms with E-state index in [1.165, 1.54) is 0 Å². The molecule has 2 aromatic rings. The van der Waals surface area contributed by atoms with E-state index in [1.807, 2.05) is 32.0 Å². The molecule has 0 saturated heterocycles. The molecule has 0 aliphatic carbocycles. The van der Waals surface area contributed by atoms with Crippen LogP contribution in [-0.4, -0.2) is 9.97 Å². The number of rotatable bonds is 3. The van der Waals surface area contributed by atoms with Gasteiger partial charge in [-0.3, -0.25) is 0 Å².